The first-order chi connectivity index (χ1) is 9.40. The van der Waals surface area contributed by atoms with Gasteiger partial charge < -0.3 is 15.0 Å². The summed E-state index contributed by atoms with van der Waals surface area (Å²) in [4.78, 5) is 15.6. The van der Waals surface area contributed by atoms with Crippen LogP contribution in [0.3, 0.4) is 0 Å². The van der Waals surface area contributed by atoms with E-state index >= 15 is 0 Å². The fourth-order valence-corrected chi connectivity index (χ4v) is 2.19. The number of rotatable bonds is 4. The molecule has 2 N–H and O–H groups in total. The van der Waals surface area contributed by atoms with Crippen molar-refractivity contribution in [1.82, 2.24) is 19.7 Å². The summed E-state index contributed by atoms with van der Waals surface area (Å²) in [5, 5.41) is 20.3. The number of aromatic carboxylic acids is 1. The molecule has 7 heteroatoms. The van der Waals surface area contributed by atoms with Crippen molar-refractivity contribution in [2.24, 2.45) is 7.05 Å². The highest BCUT2D eigenvalue weighted by atomic mass is 16.4. The maximum Gasteiger partial charge on any atom is 0.339 e. The third-order valence-electron chi connectivity index (χ3n) is 3.05. The number of aromatic nitrogens is 4. The van der Waals surface area contributed by atoms with Gasteiger partial charge >= 0.3 is 5.97 Å². The topological polar surface area (TPSA) is 92.9 Å². The minimum atomic E-state index is -0.998. The lowest BCUT2D eigenvalue weighted by atomic mass is 10.1. The molecule has 106 valence electrons. The molecule has 0 aliphatic heterocycles. The van der Waals surface area contributed by atoms with Gasteiger partial charge in [-0.2, -0.15) is 0 Å². The van der Waals surface area contributed by atoms with Crippen LogP contribution in [0.1, 0.15) is 40.5 Å². The summed E-state index contributed by atoms with van der Waals surface area (Å²) in [7, 11) is 1.84. The van der Waals surface area contributed by atoms with Gasteiger partial charge in [0.15, 0.2) is 5.82 Å². The lowest BCUT2D eigenvalue weighted by molar-refractivity contribution is 0.0696. The van der Waals surface area contributed by atoms with Crippen molar-refractivity contribution in [2.75, 3.05) is 5.32 Å². The van der Waals surface area contributed by atoms with Gasteiger partial charge in [-0.1, -0.05) is 0 Å². The van der Waals surface area contributed by atoms with Crippen LogP contribution in [0.2, 0.25) is 0 Å². The second kappa shape index (κ2) is 5.28. The summed E-state index contributed by atoms with van der Waals surface area (Å²) in [6.07, 6.45) is 1.61. The zero-order valence-electron chi connectivity index (χ0n) is 11.9. The van der Waals surface area contributed by atoms with Gasteiger partial charge in [0.2, 0.25) is 0 Å². The van der Waals surface area contributed by atoms with Crippen molar-refractivity contribution in [1.29, 1.82) is 0 Å². The number of nitrogens with zero attached hydrogens (tertiary/aromatic N) is 4. The molecule has 0 fully saturated rings. The Hall–Kier alpha value is -2.44. The third kappa shape index (κ3) is 2.61. The van der Waals surface area contributed by atoms with E-state index < -0.39 is 5.97 Å². The minimum Gasteiger partial charge on any atom is -0.478 e. The highest BCUT2D eigenvalue weighted by molar-refractivity contribution is 5.95. The third-order valence-corrected chi connectivity index (χ3v) is 3.05. The largest absolute Gasteiger partial charge is 0.478 e. The molecule has 2 heterocycles. The summed E-state index contributed by atoms with van der Waals surface area (Å²) in [6, 6.07) is 1.56. The Morgan fingerprint density at radius 2 is 2.15 bits per heavy atom. The zero-order valence-corrected chi connectivity index (χ0v) is 11.9. The molecule has 0 spiro atoms. The molecular formula is C13H17N5O2. The second-order valence-corrected chi connectivity index (χ2v) is 4.74. The molecule has 0 aliphatic carbocycles. The summed E-state index contributed by atoms with van der Waals surface area (Å²) < 4.78 is 1.79. The average Bonchev–Trinajstić information content (AvgIpc) is 2.73. The molecule has 7 nitrogen and oxygen atoms in total. The van der Waals surface area contributed by atoms with E-state index in [1.807, 2.05) is 20.9 Å². The van der Waals surface area contributed by atoms with Crippen molar-refractivity contribution < 1.29 is 9.90 Å². The number of nitrogens with one attached hydrogen (secondary N) is 1. The van der Waals surface area contributed by atoms with Crippen LogP contribution >= 0.6 is 0 Å². The van der Waals surface area contributed by atoms with E-state index in [0.717, 1.165) is 11.5 Å². The SMILES string of the molecule is Cc1cc(NC(C)c2nncn2C)c(C(=O)O)c(C)n1. The summed E-state index contributed by atoms with van der Waals surface area (Å²) in [5.74, 6) is -0.267. The van der Waals surface area contributed by atoms with Gasteiger partial charge in [-0.3, -0.25) is 4.98 Å². The first-order valence-corrected chi connectivity index (χ1v) is 6.22. The maximum atomic E-state index is 11.4. The van der Waals surface area contributed by atoms with Gasteiger partial charge in [0.1, 0.15) is 11.9 Å². The Balaban J connectivity index is 2.38. The molecule has 0 amide bonds. The number of anilines is 1. The van der Waals surface area contributed by atoms with Crippen molar-refractivity contribution >= 4 is 11.7 Å². The van der Waals surface area contributed by atoms with Gasteiger partial charge in [0.25, 0.3) is 0 Å². The van der Waals surface area contributed by atoms with Crippen molar-refractivity contribution in [3.05, 3.63) is 35.2 Å². The number of hydrogen-bond acceptors (Lipinski definition) is 5. The molecule has 2 aromatic rings. The number of carboxylic acid groups (broad SMARTS) is 1. The fourth-order valence-electron chi connectivity index (χ4n) is 2.19. The van der Waals surface area contributed by atoms with E-state index in [4.69, 9.17) is 0 Å². The Labute approximate surface area is 116 Å². The fraction of sp³-hybridized carbons (Fsp3) is 0.385. The van der Waals surface area contributed by atoms with Gasteiger partial charge in [-0.05, 0) is 26.8 Å². The molecule has 1 atom stereocenters. The molecule has 0 radical (unpaired) electrons. The average molecular weight is 275 g/mol. The molecule has 2 rings (SSSR count). The summed E-state index contributed by atoms with van der Waals surface area (Å²) in [5.41, 5.74) is 1.98. The van der Waals surface area contributed by atoms with Crippen LogP contribution in [0.5, 0.6) is 0 Å². The second-order valence-electron chi connectivity index (χ2n) is 4.74. The number of hydrogen-bond donors (Lipinski definition) is 2. The molecular weight excluding hydrogens is 258 g/mol. The minimum absolute atomic E-state index is 0.165. The van der Waals surface area contributed by atoms with Crippen molar-refractivity contribution in [3.63, 3.8) is 0 Å². The Morgan fingerprint density at radius 1 is 1.45 bits per heavy atom. The molecule has 1 unspecified atom stereocenters. The lowest BCUT2D eigenvalue weighted by Crippen LogP contribution is -2.16. The van der Waals surface area contributed by atoms with Crippen LogP contribution in [0.25, 0.3) is 0 Å². The Kier molecular flexibility index (Phi) is 3.69. The summed E-state index contributed by atoms with van der Waals surface area (Å²) >= 11 is 0. The Morgan fingerprint density at radius 3 is 2.70 bits per heavy atom. The van der Waals surface area contributed by atoms with Crippen LogP contribution in [0.15, 0.2) is 12.4 Å². The van der Waals surface area contributed by atoms with E-state index in [1.54, 1.807) is 23.9 Å². The predicted octanol–water partition coefficient (Wildman–Crippen LogP) is 1.70. The quantitative estimate of drug-likeness (QED) is 0.882. The van der Waals surface area contributed by atoms with Crippen molar-refractivity contribution in [2.45, 2.75) is 26.8 Å². The first kappa shape index (κ1) is 14.0. The molecule has 20 heavy (non-hydrogen) atoms. The maximum absolute atomic E-state index is 11.4. The van der Waals surface area contributed by atoms with E-state index in [1.165, 1.54) is 0 Å². The number of pyridine rings is 1. The van der Waals surface area contributed by atoms with E-state index in [0.29, 0.717) is 11.4 Å². The predicted molar refractivity (Wildman–Crippen MR) is 73.7 cm³/mol. The number of carbonyl (C=O) groups is 1. The van der Waals surface area contributed by atoms with Gasteiger partial charge in [0.05, 0.1) is 17.4 Å². The van der Waals surface area contributed by atoms with Crippen LogP contribution in [-0.4, -0.2) is 30.8 Å². The van der Waals surface area contributed by atoms with Crippen LogP contribution in [-0.2, 0) is 7.05 Å². The molecule has 0 aromatic carbocycles. The number of carboxylic acids is 1. The van der Waals surface area contributed by atoms with Gasteiger partial charge in [0, 0.05) is 12.7 Å². The molecule has 0 aliphatic rings. The van der Waals surface area contributed by atoms with Crippen molar-refractivity contribution in [3.8, 4) is 0 Å². The highest BCUT2D eigenvalue weighted by Crippen LogP contribution is 2.24. The normalized spacial score (nSPS) is 12.2. The lowest BCUT2D eigenvalue weighted by Gasteiger charge is -2.17. The zero-order chi connectivity index (χ0) is 14.9. The van der Waals surface area contributed by atoms with Crippen LogP contribution < -0.4 is 5.32 Å². The molecule has 2 aromatic heterocycles. The standard InChI is InChI=1S/C13H17N5O2/c1-7-5-10(11(13(19)20)8(2)15-7)16-9(3)12-17-14-6-18(12)4/h5-6,9H,1-4H3,(H,15,16)(H,19,20). The highest BCUT2D eigenvalue weighted by Gasteiger charge is 2.19. The first-order valence-electron chi connectivity index (χ1n) is 6.22. The number of aryl methyl sites for hydroxylation is 3. The molecule has 0 saturated heterocycles. The molecule has 0 saturated carbocycles. The van der Waals surface area contributed by atoms with E-state index in [-0.39, 0.29) is 11.6 Å². The van der Waals surface area contributed by atoms with Crippen LogP contribution in [0, 0.1) is 13.8 Å². The van der Waals surface area contributed by atoms with Gasteiger partial charge in [-0.15, -0.1) is 10.2 Å². The van der Waals surface area contributed by atoms with E-state index in [2.05, 4.69) is 20.5 Å². The summed E-state index contributed by atoms with van der Waals surface area (Å²) in [6.45, 7) is 5.42. The van der Waals surface area contributed by atoms with E-state index in [9.17, 15) is 9.90 Å². The Bertz CT molecular complexity index is 650. The molecule has 0 bridgehead atoms. The monoisotopic (exact) mass is 275 g/mol. The van der Waals surface area contributed by atoms with Gasteiger partial charge in [-0.25, -0.2) is 4.79 Å². The van der Waals surface area contributed by atoms with Crippen LogP contribution in [0.4, 0.5) is 5.69 Å². The smallest absolute Gasteiger partial charge is 0.339 e.